The van der Waals surface area contributed by atoms with Gasteiger partial charge in [0.15, 0.2) is 0 Å². The van der Waals surface area contributed by atoms with Crippen molar-refractivity contribution in [2.45, 2.75) is 10.5 Å². The van der Waals surface area contributed by atoms with E-state index in [1.54, 1.807) is 23.5 Å². The molecule has 7 heteroatoms. The maximum atomic E-state index is 9.30. The van der Waals surface area contributed by atoms with Crippen LogP contribution >= 0.6 is 70.1 Å². The van der Waals surface area contributed by atoms with Crippen LogP contribution in [-0.4, -0.2) is 62.9 Å². The SMILES string of the molecule is OCC(CSCCCl)SC(CCl)CSCCCl. The zero-order valence-corrected chi connectivity index (χ0v) is 14.3. The molecular formula is C10H19Cl3OS3. The van der Waals surface area contributed by atoms with Gasteiger partial charge in [-0.15, -0.1) is 46.6 Å². The summed E-state index contributed by atoms with van der Waals surface area (Å²) < 4.78 is 0. The van der Waals surface area contributed by atoms with Crippen molar-refractivity contribution in [1.29, 1.82) is 0 Å². The number of rotatable bonds is 12. The van der Waals surface area contributed by atoms with Crippen LogP contribution in [0.2, 0.25) is 0 Å². The highest BCUT2D eigenvalue weighted by Gasteiger charge is 2.16. The van der Waals surface area contributed by atoms with E-state index in [2.05, 4.69) is 0 Å². The molecule has 0 aromatic rings. The molecule has 0 aliphatic heterocycles. The Morgan fingerprint density at radius 3 is 1.82 bits per heavy atom. The molecule has 1 nitrogen and oxygen atoms in total. The molecule has 0 fully saturated rings. The number of hydrogen-bond acceptors (Lipinski definition) is 4. The Hall–Kier alpha value is 1.88. The number of thioether (sulfide) groups is 3. The fourth-order valence-electron chi connectivity index (χ4n) is 1.07. The predicted octanol–water partition coefficient (Wildman–Crippen LogP) is 3.63. The summed E-state index contributed by atoms with van der Waals surface area (Å²) in [4.78, 5) is 0. The van der Waals surface area contributed by atoms with Crippen molar-refractivity contribution >= 4 is 70.1 Å². The number of aliphatic hydroxyl groups excluding tert-OH is 1. The summed E-state index contributed by atoms with van der Waals surface area (Å²) >= 11 is 22.6. The predicted molar refractivity (Wildman–Crippen MR) is 89.1 cm³/mol. The normalized spacial score (nSPS) is 14.8. The van der Waals surface area contributed by atoms with E-state index in [0.717, 1.165) is 23.0 Å². The lowest BCUT2D eigenvalue weighted by molar-refractivity contribution is 0.301. The van der Waals surface area contributed by atoms with Crippen molar-refractivity contribution < 1.29 is 5.11 Å². The molecule has 0 radical (unpaired) electrons. The van der Waals surface area contributed by atoms with Gasteiger partial charge in [-0.25, -0.2) is 0 Å². The third-order valence-corrected chi connectivity index (χ3v) is 7.30. The van der Waals surface area contributed by atoms with Crippen LogP contribution in [0.4, 0.5) is 0 Å². The van der Waals surface area contributed by atoms with Gasteiger partial charge in [0.25, 0.3) is 0 Å². The lowest BCUT2D eigenvalue weighted by atomic mass is 10.5. The van der Waals surface area contributed by atoms with Crippen LogP contribution in [-0.2, 0) is 0 Å². The van der Waals surface area contributed by atoms with Gasteiger partial charge in [0.2, 0.25) is 0 Å². The van der Waals surface area contributed by atoms with Gasteiger partial charge in [0.1, 0.15) is 0 Å². The third-order valence-electron chi connectivity index (χ3n) is 1.81. The van der Waals surface area contributed by atoms with E-state index < -0.39 is 0 Å². The summed E-state index contributed by atoms with van der Waals surface area (Å²) in [6.45, 7) is 0.202. The Kier molecular flexibility index (Phi) is 15.9. The first-order valence-electron chi connectivity index (χ1n) is 5.38. The summed E-state index contributed by atoms with van der Waals surface area (Å²) in [5, 5.41) is 9.94. The Morgan fingerprint density at radius 2 is 1.41 bits per heavy atom. The molecule has 0 rings (SSSR count). The number of aliphatic hydroxyl groups is 1. The van der Waals surface area contributed by atoms with Gasteiger partial charge in [-0.05, 0) is 0 Å². The molecule has 2 atom stereocenters. The van der Waals surface area contributed by atoms with Gasteiger partial charge in [-0.1, -0.05) is 0 Å². The van der Waals surface area contributed by atoms with E-state index in [0.29, 0.717) is 22.9 Å². The Balaban J connectivity index is 3.77. The fourth-order valence-corrected chi connectivity index (χ4v) is 5.39. The second-order valence-corrected chi connectivity index (χ2v) is 8.21. The van der Waals surface area contributed by atoms with Crippen LogP contribution in [0.3, 0.4) is 0 Å². The van der Waals surface area contributed by atoms with Crippen molar-refractivity contribution in [3.8, 4) is 0 Å². The lowest BCUT2D eigenvalue weighted by Crippen LogP contribution is -2.20. The van der Waals surface area contributed by atoms with E-state index >= 15 is 0 Å². The average molecular weight is 358 g/mol. The van der Waals surface area contributed by atoms with E-state index in [-0.39, 0.29) is 11.9 Å². The molecule has 2 unspecified atom stereocenters. The van der Waals surface area contributed by atoms with E-state index in [9.17, 15) is 5.11 Å². The molecule has 0 aromatic carbocycles. The third kappa shape index (κ3) is 11.4. The molecule has 1 N–H and O–H groups in total. The molecule has 0 amide bonds. The Morgan fingerprint density at radius 1 is 0.882 bits per heavy atom. The molecule has 0 saturated heterocycles. The summed E-state index contributed by atoms with van der Waals surface area (Å²) in [5.41, 5.74) is 0. The Labute approximate surface area is 132 Å². The highest BCUT2D eigenvalue weighted by atomic mass is 35.5. The maximum absolute atomic E-state index is 9.30. The lowest BCUT2D eigenvalue weighted by Gasteiger charge is -2.19. The van der Waals surface area contributed by atoms with Crippen LogP contribution < -0.4 is 0 Å². The first kappa shape index (κ1) is 18.9. The van der Waals surface area contributed by atoms with E-state index in [1.165, 1.54) is 0 Å². The van der Waals surface area contributed by atoms with Gasteiger partial charge in [-0.3, -0.25) is 0 Å². The van der Waals surface area contributed by atoms with Crippen LogP contribution in [0.1, 0.15) is 0 Å². The molecule has 0 aromatic heterocycles. The fraction of sp³-hybridized carbons (Fsp3) is 1.00. The topological polar surface area (TPSA) is 20.2 Å². The van der Waals surface area contributed by atoms with Gasteiger partial charge in [0, 0.05) is 51.2 Å². The number of hydrogen-bond donors (Lipinski definition) is 1. The number of halogens is 3. The zero-order valence-electron chi connectivity index (χ0n) is 9.62. The molecule has 0 saturated carbocycles. The quantitative estimate of drug-likeness (QED) is 0.425. The molecule has 0 aliphatic carbocycles. The number of alkyl halides is 3. The molecular weight excluding hydrogens is 339 g/mol. The van der Waals surface area contributed by atoms with Gasteiger partial charge >= 0.3 is 0 Å². The highest BCUT2D eigenvalue weighted by molar-refractivity contribution is 8.05. The van der Waals surface area contributed by atoms with Gasteiger partial charge in [-0.2, -0.15) is 23.5 Å². The molecule has 0 heterocycles. The van der Waals surface area contributed by atoms with Gasteiger partial charge < -0.3 is 5.11 Å². The molecule has 17 heavy (non-hydrogen) atoms. The summed E-state index contributed by atoms with van der Waals surface area (Å²) in [6.07, 6.45) is 0. The minimum Gasteiger partial charge on any atom is -0.395 e. The minimum atomic E-state index is 0.202. The monoisotopic (exact) mass is 356 g/mol. The molecule has 0 bridgehead atoms. The summed E-state index contributed by atoms with van der Waals surface area (Å²) in [7, 11) is 0. The van der Waals surface area contributed by atoms with Crippen molar-refractivity contribution in [3.05, 3.63) is 0 Å². The molecule has 0 aliphatic rings. The van der Waals surface area contributed by atoms with Crippen LogP contribution in [0.25, 0.3) is 0 Å². The van der Waals surface area contributed by atoms with Crippen molar-refractivity contribution in [1.82, 2.24) is 0 Å². The van der Waals surface area contributed by atoms with Gasteiger partial charge in [0.05, 0.1) is 6.61 Å². The smallest absolute Gasteiger partial charge is 0.0558 e. The first-order chi connectivity index (χ1) is 8.28. The Bertz CT molecular complexity index is 150. The zero-order chi connectivity index (χ0) is 12.9. The van der Waals surface area contributed by atoms with E-state index in [1.807, 2.05) is 11.8 Å². The largest absolute Gasteiger partial charge is 0.395 e. The van der Waals surface area contributed by atoms with Crippen LogP contribution in [0.15, 0.2) is 0 Å². The standard InChI is InChI=1S/C10H19Cl3OS3/c11-1-3-15-7-9(5-13)17-10(6-14)8-16-4-2-12/h9-10,14H,1-8H2. The van der Waals surface area contributed by atoms with Crippen molar-refractivity contribution in [3.63, 3.8) is 0 Å². The van der Waals surface area contributed by atoms with E-state index in [4.69, 9.17) is 34.8 Å². The van der Waals surface area contributed by atoms with Crippen molar-refractivity contribution in [2.75, 3.05) is 47.3 Å². The highest BCUT2D eigenvalue weighted by Crippen LogP contribution is 2.25. The summed E-state index contributed by atoms with van der Waals surface area (Å²) in [6, 6.07) is 0. The maximum Gasteiger partial charge on any atom is 0.0558 e. The second kappa shape index (κ2) is 14.3. The van der Waals surface area contributed by atoms with Crippen LogP contribution in [0, 0.1) is 0 Å². The average Bonchev–Trinajstić information content (AvgIpc) is 2.36. The first-order valence-corrected chi connectivity index (χ1v) is 10.2. The van der Waals surface area contributed by atoms with Crippen molar-refractivity contribution in [2.24, 2.45) is 0 Å². The molecule has 104 valence electrons. The molecule has 0 spiro atoms. The second-order valence-electron chi connectivity index (χ2n) is 3.24. The van der Waals surface area contributed by atoms with Crippen LogP contribution in [0.5, 0.6) is 0 Å². The summed E-state index contributed by atoms with van der Waals surface area (Å²) in [5.74, 6) is 5.79. The minimum absolute atomic E-state index is 0.202.